The van der Waals surface area contributed by atoms with Crippen LogP contribution in [-0.4, -0.2) is 46.1 Å². The van der Waals surface area contributed by atoms with Crippen LogP contribution >= 0.6 is 0 Å². The van der Waals surface area contributed by atoms with Gasteiger partial charge in [-0.05, 0) is 81.0 Å². The molecule has 0 radical (unpaired) electrons. The van der Waals surface area contributed by atoms with Crippen LogP contribution in [0.4, 0.5) is 4.79 Å². The van der Waals surface area contributed by atoms with Gasteiger partial charge in [-0.2, -0.15) is 0 Å². The lowest BCUT2D eigenvalue weighted by Crippen LogP contribution is -2.45. The van der Waals surface area contributed by atoms with E-state index >= 15 is 0 Å². The molecule has 1 aliphatic rings. The number of nitrogens with zero attached hydrogens (tertiary/aromatic N) is 2. The minimum absolute atomic E-state index is 0.00915. The summed E-state index contributed by atoms with van der Waals surface area (Å²) in [5.41, 5.74) is 8.49. The van der Waals surface area contributed by atoms with E-state index in [1.807, 2.05) is 55.7 Å². The summed E-state index contributed by atoms with van der Waals surface area (Å²) in [5, 5.41) is 13.0. The van der Waals surface area contributed by atoms with Gasteiger partial charge in [-0.1, -0.05) is 53.7 Å². The van der Waals surface area contributed by atoms with Crippen LogP contribution in [0.5, 0.6) is 0 Å². The second-order valence-electron chi connectivity index (χ2n) is 12.3. The lowest BCUT2D eigenvalue weighted by molar-refractivity contribution is -0.140. The summed E-state index contributed by atoms with van der Waals surface area (Å²) < 4.78 is 7.37. The van der Waals surface area contributed by atoms with Gasteiger partial charge in [-0.15, -0.1) is 0 Å². The number of benzene rings is 3. The van der Waals surface area contributed by atoms with Gasteiger partial charge in [0.1, 0.15) is 11.3 Å². The number of nitrogens with one attached hydrogen (secondary N) is 2. The zero-order valence-electron chi connectivity index (χ0n) is 25.6. The molecule has 0 unspecified atom stereocenters. The van der Waals surface area contributed by atoms with Crippen molar-refractivity contribution in [2.24, 2.45) is 10.9 Å². The van der Waals surface area contributed by atoms with Gasteiger partial charge in [0, 0.05) is 42.0 Å². The van der Waals surface area contributed by atoms with Gasteiger partial charge in [-0.25, -0.2) is 9.59 Å². The number of carbonyl (C=O) groups excluding carboxylic acids is 3. The molecule has 4 aromatic rings. The number of amidine groups is 1. The standard InChI is InChI=1S/C34H39N5O5/c1-21(40)44-38-31(35)26-12-11-25-18-30(32(41)36-27-13-15-28(16-14-27)37-33(42)43-34(2,3)4)39(29(25)19-26)20-22-9-10-23-7-5-6-8-24(23)17-22/h5-12,17-19,27-28H,13-16,20H2,1-4H3,(H2,35,38)(H,36,41)(H,37,42)/t27-,28-. The molecule has 1 aromatic heterocycles. The van der Waals surface area contributed by atoms with Gasteiger partial charge >= 0.3 is 12.1 Å². The second kappa shape index (κ2) is 12.8. The number of nitrogens with two attached hydrogens (primary N) is 1. The summed E-state index contributed by atoms with van der Waals surface area (Å²) in [7, 11) is 0. The minimum Gasteiger partial charge on any atom is -0.444 e. The number of ether oxygens (including phenoxy) is 1. The first kappa shape index (κ1) is 30.6. The average molecular weight is 598 g/mol. The van der Waals surface area contributed by atoms with Crippen molar-refractivity contribution in [2.75, 3.05) is 0 Å². The molecule has 4 N–H and O–H groups in total. The zero-order valence-corrected chi connectivity index (χ0v) is 25.6. The first-order valence-corrected chi connectivity index (χ1v) is 14.9. The normalized spacial score (nSPS) is 17.3. The average Bonchev–Trinajstić information content (AvgIpc) is 3.33. The highest BCUT2D eigenvalue weighted by Crippen LogP contribution is 2.26. The van der Waals surface area contributed by atoms with Crippen LogP contribution in [0.2, 0.25) is 0 Å². The lowest BCUT2D eigenvalue weighted by atomic mass is 9.91. The fraction of sp³-hybridized carbons (Fsp3) is 0.353. The van der Waals surface area contributed by atoms with E-state index in [1.165, 1.54) is 6.92 Å². The first-order chi connectivity index (χ1) is 20.9. The van der Waals surface area contributed by atoms with E-state index in [1.54, 1.807) is 6.07 Å². The molecule has 1 heterocycles. The van der Waals surface area contributed by atoms with Crippen molar-refractivity contribution in [3.63, 3.8) is 0 Å². The topological polar surface area (TPSA) is 137 Å². The quantitative estimate of drug-likeness (QED) is 0.110. The van der Waals surface area contributed by atoms with Crippen molar-refractivity contribution in [3.05, 3.63) is 83.6 Å². The lowest BCUT2D eigenvalue weighted by Gasteiger charge is -2.30. The third-order valence-corrected chi connectivity index (χ3v) is 7.64. The van der Waals surface area contributed by atoms with Gasteiger partial charge < -0.3 is 30.5 Å². The maximum absolute atomic E-state index is 13.8. The Morgan fingerprint density at radius 1 is 0.886 bits per heavy atom. The Kier molecular flexibility index (Phi) is 8.89. The van der Waals surface area contributed by atoms with Gasteiger partial charge in [0.2, 0.25) is 0 Å². The number of carbonyl (C=O) groups is 3. The summed E-state index contributed by atoms with van der Waals surface area (Å²) in [6.07, 6.45) is 2.55. The largest absolute Gasteiger partial charge is 0.444 e. The predicted octanol–water partition coefficient (Wildman–Crippen LogP) is 5.59. The molecule has 5 rings (SSSR count). The smallest absolute Gasteiger partial charge is 0.407 e. The van der Waals surface area contributed by atoms with Crippen molar-refractivity contribution in [3.8, 4) is 0 Å². The molecule has 0 atom stereocenters. The van der Waals surface area contributed by atoms with Gasteiger partial charge in [0.15, 0.2) is 5.84 Å². The number of oxime groups is 1. The molecule has 10 nitrogen and oxygen atoms in total. The van der Waals surface area contributed by atoms with Crippen molar-refractivity contribution in [2.45, 2.75) is 77.6 Å². The van der Waals surface area contributed by atoms with E-state index in [2.05, 4.69) is 46.1 Å². The molecule has 2 amide bonds. The summed E-state index contributed by atoms with van der Waals surface area (Å²) >= 11 is 0. The van der Waals surface area contributed by atoms with Crippen LogP contribution in [0.15, 0.2) is 71.9 Å². The first-order valence-electron chi connectivity index (χ1n) is 14.9. The molecular formula is C34H39N5O5. The number of hydrogen-bond donors (Lipinski definition) is 3. The van der Waals surface area contributed by atoms with E-state index in [0.717, 1.165) is 52.9 Å². The summed E-state index contributed by atoms with van der Waals surface area (Å²) in [6.45, 7) is 7.22. The number of aromatic nitrogens is 1. The summed E-state index contributed by atoms with van der Waals surface area (Å²) in [6, 6.07) is 21.8. The van der Waals surface area contributed by atoms with Crippen molar-refractivity contribution in [1.29, 1.82) is 0 Å². The highest BCUT2D eigenvalue weighted by molar-refractivity contribution is 6.03. The molecular weight excluding hydrogens is 558 g/mol. The van der Waals surface area contributed by atoms with E-state index < -0.39 is 17.7 Å². The van der Waals surface area contributed by atoms with E-state index in [0.29, 0.717) is 17.8 Å². The van der Waals surface area contributed by atoms with Crippen molar-refractivity contribution >= 4 is 45.5 Å². The number of rotatable bonds is 7. The van der Waals surface area contributed by atoms with Crippen LogP contribution in [0, 0.1) is 0 Å². The minimum atomic E-state index is -0.567. The Morgan fingerprint density at radius 2 is 1.55 bits per heavy atom. The van der Waals surface area contributed by atoms with Crippen LogP contribution in [-0.2, 0) is 20.9 Å². The molecule has 1 aliphatic carbocycles. The van der Waals surface area contributed by atoms with Crippen LogP contribution in [0.25, 0.3) is 21.7 Å². The van der Waals surface area contributed by atoms with Gasteiger partial charge in [-0.3, -0.25) is 4.79 Å². The molecule has 1 fully saturated rings. The Bertz CT molecular complexity index is 1730. The van der Waals surface area contributed by atoms with Crippen molar-refractivity contribution < 1.29 is 24.0 Å². The maximum Gasteiger partial charge on any atom is 0.407 e. The molecule has 3 aromatic carbocycles. The molecule has 1 saturated carbocycles. The SMILES string of the molecule is CC(=O)ON=C(N)c1ccc2cc(C(=O)N[C@H]3CC[C@H](NC(=O)OC(C)(C)C)CC3)n(Cc3ccc4ccccc4c3)c2c1. The van der Waals surface area contributed by atoms with E-state index in [-0.39, 0.29) is 23.8 Å². The molecule has 44 heavy (non-hydrogen) atoms. The van der Waals surface area contributed by atoms with Crippen molar-refractivity contribution in [1.82, 2.24) is 15.2 Å². The third kappa shape index (κ3) is 7.55. The number of alkyl carbamates (subject to hydrolysis) is 1. The molecule has 0 saturated heterocycles. The maximum atomic E-state index is 13.8. The Labute approximate surface area is 256 Å². The Balaban J connectivity index is 1.38. The van der Waals surface area contributed by atoms with Crippen LogP contribution in [0.3, 0.4) is 0 Å². The molecule has 0 bridgehead atoms. The van der Waals surface area contributed by atoms with E-state index in [9.17, 15) is 14.4 Å². The number of amides is 2. The monoisotopic (exact) mass is 597 g/mol. The Morgan fingerprint density at radius 3 is 2.23 bits per heavy atom. The van der Waals surface area contributed by atoms with E-state index in [4.69, 9.17) is 15.3 Å². The second-order valence-corrected chi connectivity index (χ2v) is 12.3. The van der Waals surface area contributed by atoms with Gasteiger partial charge in [0.05, 0.1) is 0 Å². The Hall–Kier alpha value is -4.86. The molecule has 230 valence electrons. The predicted molar refractivity (Wildman–Crippen MR) is 170 cm³/mol. The third-order valence-electron chi connectivity index (χ3n) is 7.64. The molecule has 10 heteroatoms. The fourth-order valence-corrected chi connectivity index (χ4v) is 5.57. The molecule has 0 spiro atoms. The highest BCUT2D eigenvalue weighted by atomic mass is 16.7. The summed E-state index contributed by atoms with van der Waals surface area (Å²) in [4.78, 5) is 42.0. The van der Waals surface area contributed by atoms with Crippen LogP contribution < -0.4 is 16.4 Å². The number of fused-ring (bicyclic) bond motifs is 2. The van der Waals surface area contributed by atoms with Gasteiger partial charge in [0.25, 0.3) is 5.91 Å². The van der Waals surface area contributed by atoms with Crippen LogP contribution in [0.1, 0.15) is 75.0 Å². The molecule has 0 aliphatic heterocycles. The fourth-order valence-electron chi connectivity index (χ4n) is 5.57. The number of hydrogen-bond acceptors (Lipinski definition) is 6. The highest BCUT2D eigenvalue weighted by Gasteiger charge is 2.27. The summed E-state index contributed by atoms with van der Waals surface area (Å²) in [5.74, 6) is -0.681. The zero-order chi connectivity index (χ0) is 31.4.